The maximum absolute atomic E-state index is 12.9. The average Bonchev–Trinajstić information content (AvgIpc) is 3.15. The fourth-order valence-electron chi connectivity index (χ4n) is 3.73. The van der Waals surface area contributed by atoms with Gasteiger partial charge in [0.15, 0.2) is 5.54 Å². The summed E-state index contributed by atoms with van der Waals surface area (Å²) in [6, 6.07) is 9.54. The minimum atomic E-state index is -1.02. The summed E-state index contributed by atoms with van der Waals surface area (Å²) in [7, 11) is 0. The van der Waals surface area contributed by atoms with Gasteiger partial charge >= 0.3 is 5.97 Å². The molecule has 154 valence electrons. The summed E-state index contributed by atoms with van der Waals surface area (Å²) in [4.78, 5) is 30.1. The summed E-state index contributed by atoms with van der Waals surface area (Å²) < 4.78 is 12.0. The number of thiazole rings is 1. The number of amides is 1. The molecule has 2 unspecified atom stereocenters. The number of aryl methyl sites for hydroxylation is 1. The largest absolute Gasteiger partial charge is 0.459 e. The van der Waals surface area contributed by atoms with Crippen molar-refractivity contribution < 1.29 is 19.1 Å². The zero-order valence-electron chi connectivity index (χ0n) is 15.8. The molecule has 2 aromatic rings. The second-order valence-corrected chi connectivity index (χ2v) is 9.16. The number of ether oxygens (including phenoxy) is 2. The topological polar surface area (TPSA) is 80.8 Å². The number of carbonyl (C=O) groups is 2. The third kappa shape index (κ3) is 4.85. The molecule has 1 N–H and O–H groups in total. The summed E-state index contributed by atoms with van der Waals surface area (Å²) >= 11 is 4.85. The molecule has 4 rings (SSSR count). The van der Waals surface area contributed by atoms with E-state index in [1.807, 2.05) is 35.7 Å². The van der Waals surface area contributed by atoms with Crippen LogP contribution in [0.3, 0.4) is 0 Å². The summed E-state index contributed by atoms with van der Waals surface area (Å²) in [5.74, 6) is -0.331. The number of nitrogens with zero attached hydrogens (tertiary/aromatic N) is 2. The maximum atomic E-state index is 12.9. The molecule has 0 spiro atoms. The van der Waals surface area contributed by atoms with Gasteiger partial charge in [-0.15, -0.1) is 11.3 Å². The van der Waals surface area contributed by atoms with Crippen LogP contribution in [0.1, 0.15) is 23.4 Å². The molecule has 1 aromatic carbocycles. The van der Waals surface area contributed by atoms with Gasteiger partial charge in [0.2, 0.25) is 5.91 Å². The minimum absolute atomic E-state index is 0.0526. The Balaban J connectivity index is 1.39. The van der Waals surface area contributed by atoms with E-state index in [-0.39, 0.29) is 31.0 Å². The van der Waals surface area contributed by atoms with E-state index in [1.54, 1.807) is 5.01 Å². The van der Waals surface area contributed by atoms with E-state index in [0.29, 0.717) is 32.4 Å². The van der Waals surface area contributed by atoms with Gasteiger partial charge in [-0.3, -0.25) is 9.80 Å². The Morgan fingerprint density at radius 3 is 2.97 bits per heavy atom. The standard InChI is InChI=1S/C20H22BrN3O4S/c21-16-12-29-17(22-16)6-7-18(25)24-9-15-8-20(23-24,13-27-10-15)19(26)28-11-14-4-2-1-3-5-14/h1-5,12,15,23H,6-11,13H2. The van der Waals surface area contributed by atoms with Crippen LogP contribution in [0.15, 0.2) is 40.3 Å². The van der Waals surface area contributed by atoms with E-state index in [4.69, 9.17) is 9.47 Å². The fourth-order valence-corrected chi connectivity index (χ4v) is 5.00. The van der Waals surface area contributed by atoms with Gasteiger partial charge in [0.05, 0.1) is 18.2 Å². The van der Waals surface area contributed by atoms with Crippen LogP contribution in [-0.4, -0.2) is 47.2 Å². The van der Waals surface area contributed by atoms with Crippen LogP contribution in [0.4, 0.5) is 0 Å². The Morgan fingerprint density at radius 2 is 2.21 bits per heavy atom. The molecule has 2 aliphatic rings. The van der Waals surface area contributed by atoms with Crippen molar-refractivity contribution in [3.63, 3.8) is 0 Å². The van der Waals surface area contributed by atoms with Crippen LogP contribution in [-0.2, 0) is 32.1 Å². The molecule has 2 saturated heterocycles. The molecule has 0 saturated carbocycles. The van der Waals surface area contributed by atoms with Gasteiger partial charge in [0.1, 0.15) is 11.2 Å². The SMILES string of the molecule is O=C(CCc1nc(Br)cs1)N1CC2COCC(C(=O)OCc3ccccc3)(C2)N1. The first-order chi connectivity index (χ1) is 14.0. The number of esters is 1. The number of fused-ring (bicyclic) bond motifs is 2. The van der Waals surface area contributed by atoms with E-state index in [1.165, 1.54) is 11.3 Å². The van der Waals surface area contributed by atoms with Crippen molar-refractivity contribution in [3.8, 4) is 0 Å². The first-order valence-corrected chi connectivity index (χ1v) is 11.2. The monoisotopic (exact) mass is 479 g/mol. The van der Waals surface area contributed by atoms with Gasteiger partial charge in [0, 0.05) is 30.7 Å². The first kappa shape index (κ1) is 20.5. The second-order valence-electron chi connectivity index (χ2n) is 7.41. The van der Waals surface area contributed by atoms with Crippen molar-refractivity contribution in [3.05, 3.63) is 50.9 Å². The Kier molecular flexibility index (Phi) is 6.29. The van der Waals surface area contributed by atoms with Gasteiger partial charge in [-0.2, -0.15) is 0 Å². The van der Waals surface area contributed by atoms with Crippen LogP contribution in [0.25, 0.3) is 0 Å². The van der Waals surface area contributed by atoms with Crippen molar-refractivity contribution in [2.24, 2.45) is 5.92 Å². The quantitative estimate of drug-likeness (QED) is 0.641. The summed E-state index contributed by atoms with van der Waals surface area (Å²) in [5, 5.41) is 4.38. The lowest BCUT2D eigenvalue weighted by atomic mass is 9.84. The molecule has 2 aliphatic heterocycles. The van der Waals surface area contributed by atoms with Crippen LogP contribution in [0, 0.1) is 5.92 Å². The number of hydrogen-bond acceptors (Lipinski definition) is 7. The number of hydrazine groups is 1. The lowest BCUT2D eigenvalue weighted by molar-refractivity contribution is -0.178. The minimum Gasteiger partial charge on any atom is -0.459 e. The van der Waals surface area contributed by atoms with E-state index < -0.39 is 5.54 Å². The summed E-state index contributed by atoms with van der Waals surface area (Å²) in [5.41, 5.74) is 3.04. The molecule has 0 radical (unpaired) electrons. The predicted octanol–water partition coefficient (Wildman–Crippen LogP) is 2.70. The molecule has 2 fully saturated rings. The molecule has 2 atom stereocenters. The van der Waals surface area contributed by atoms with Crippen LogP contribution >= 0.6 is 27.3 Å². The zero-order chi connectivity index (χ0) is 20.3. The molecule has 3 heterocycles. The molecule has 7 nitrogen and oxygen atoms in total. The highest BCUT2D eigenvalue weighted by Gasteiger charge is 2.50. The highest BCUT2D eigenvalue weighted by atomic mass is 79.9. The van der Waals surface area contributed by atoms with E-state index in [9.17, 15) is 9.59 Å². The lowest BCUT2D eigenvalue weighted by Gasteiger charge is -2.48. The Hall–Kier alpha value is -1.81. The van der Waals surface area contributed by atoms with E-state index in [2.05, 4.69) is 26.3 Å². The van der Waals surface area contributed by atoms with Gasteiger partial charge in [-0.1, -0.05) is 30.3 Å². The smallest absolute Gasteiger partial charge is 0.330 e. The Bertz CT molecular complexity index is 878. The van der Waals surface area contributed by atoms with Gasteiger partial charge in [0.25, 0.3) is 0 Å². The van der Waals surface area contributed by atoms with Gasteiger partial charge in [-0.25, -0.2) is 15.2 Å². The number of carbonyl (C=O) groups excluding carboxylic acids is 2. The first-order valence-electron chi connectivity index (χ1n) is 9.51. The van der Waals surface area contributed by atoms with Crippen molar-refractivity contribution >= 4 is 39.1 Å². The van der Waals surface area contributed by atoms with Gasteiger partial charge in [-0.05, 0) is 27.9 Å². The van der Waals surface area contributed by atoms with Crippen molar-refractivity contribution in [2.45, 2.75) is 31.4 Å². The highest BCUT2D eigenvalue weighted by Crippen LogP contribution is 2.31. The number of aromatic nitrogens is 1. The Morgan fingerprint density at radius 1 is 1.38 bits per heavy atom. The molecular formula is C20H22BrN3O4S. The van der Waals surface area contributed by atoms with Crippen LogP contribution in [0.2, 0.25) is 0 Å². The number of nitrogens with one attached hydrogen (secondary N) is 1. The molecule has 1 aromatic heterocycles. The zero-order valence-corrected chi connectivity index (χ0v) is 18.2. The highest BCUT2D eigenvalue weighted by molar-refractivity contribution is 9.10. The summed E-state index contributed by atoms with van der Waals surface area (Å²) in [6.45, 7) is 1.45. The molecule has 9 heteroatoms. The Labute approximate surface area is 181 Å². The van der Waals surface area contributed by atoms with Gasteiger partial charge < -0.3 is 9.47 Å². The number of rotatable bonds is 6. The molecular weight excluding hydrogens is 458 g/mol. The average molecular weight is 480 g/mol. The molecule has 2 bridgehead atoms. The predicted molar refractivity (Wildman–Crippen MR) is 111 cm³/mol. The number of halogens is 1. The molecule has 1 amide bonds. The van der Waals surface area contributed by atoms with E-state index in [0.717, 1.165) is 15.2 Å². The van der Waals surface area contributed by atoms with Crippen molar-refractivity contribution in [2.75, 3.05) is 19.8 Å². The lowest BCUT2D eigenvalue weighted by Crippen LogP contribution is -2.70. The van der Waals surface area contributed by atoms with Crippen LogP contribution in [0.5, 0.6) is 0 Å². The molecule has 29 heavy (non-hydrogen) atoms. The molecule has 0 aliphatic carbocycles. The third-order valence-electron chi connectivity index (χ3n) is 5.11. The van der Waals surface area contributed by atoms with Crippen LogP contribution < -0.4 is 5.43 Å². The number of hydrogen-bond donors (Lipinski definition) is 1. The van der Waals surface area contributed by atoms with Crippen molar-refractivity contribution in [1.82, 2.24) is 15.4 Å². The fraction of sp³-hybridized carbons (Fsp3) is 0.450. The third-order valence-corrected chi connectivity index (χ3v) is 6.73. The number of benzene rings is 1. The summed E-state index contributed by atoms with van der Waals surface area (Å²) in [6.07, 6.45) is 1.50. The second kappa shape index (κ2) is 8.91. The van der Waals surface area contributed by atoms with Crippen molar-refractivity contribution in [1.29, 1.82) is 0 Å². The van der Waals surface area contributed by atoms with E-state index >= 15 is 0 Å². The maximum Gasteiger partial charge on any atom is 0.330 e. The normalized spacial score (nSPS) is 23.6.